The third kappa shape index (κ3) is 4.77. The monoisotopic (exact) mass is 255 g/mol. The van der Waals surface area contributed by atoms with Gasteiger partial charge in [0.25, 0.3) is 0 Å². The molecule has 0 aliphatic rings. The highest BCUT2D eigenvalue weighted by molar-refractivity contribution is 7.91. The lowest BCUT2D eigenvalue weighted by Crippen LogP contribution is -2.12. The van der Waals surface area contributed by atoms with Crippen molar-refractivity contribution in [1.82, 2.24) is 0 Å². The van der Waals surface area contributed by atoms with Crippen molar-refractivity contribution < 1.29 is 8.42 Å². The summed E-state index contributed by atoms with van der Waals surface area (Å²) >= 11 is 0. The second-order valence-electron chi connectivity index (χ2n) is 4.32. The Kier molecular flexibility index (Phi) is 5.00. The summed E-state index contributed by atoms with van der Waals surface area (Å²) in [7, 11) is -2.83. The largest absolute Gasteiger partial charge is 0.385 e. The van der Waals surface area contributed by atoms with Crippen LogP contribution in [0.4, 0.5) is 5.69 Å². The van der Waals surface area contributed by atoms with Gasteiger partial charge < -0.3 is 5.32 Å². The molecule has 0 saturated heterocycles. The highest BCUT2D eigenvalue weighted by atomic mass is 32.2. The second-order valence-corrected chi connectivity index (χ2v) is 6.79. The van der Waals surface area contributed by atoms with Crippen molar-refractivity contribution in [3.63, 3.8) is 0 Å². The Labute approximate surface area is 104 Å². The molecule has 1 aromatic carbocycles. The Balaban J connectivity index is 2.39. The molecule has 96 valence electrons. The van der Waals surface area contributed by atoms with Crippen LogP contribution in [0.25, 0.3) is 0 Å². The van der Waals surface area contributed by atoms with E-state index in [9.17, 15) is 8.42 Å². The molecule has 17 heavy (non-hydrogen) atoms. The molecule has 0 unspecified atom stereocenters. The first-order valence-corrected chi connectivity index (χ1v) is 7.78. The van der Waals surface area contributed by atoms with E-state index in [0.29, 0.717) is 13.0 Å². The van der Waals surface area contributed by atoms with Crippen molar-refractivity contribution in [3.05, 3.63) is 29.3 Å². The van der Waals surface area contributed by atoms with Gasteiger partial charge in [-0.2, -0.15) is 0 Å². The van der Waals surface area contributed by atoms with Gasteiger partial charge in [-0.05, 0) is 43.5 Å². The van der Waals surface area contributed by atoms with E-state index < -0.39 is 9.84 Å². The minimum atomic E-state index is -2.83. The van der Waals surface area contributed by atoms with Crippen molar-refractivity contribution in [2.45, 2.75) is 27.2 Å². The smallest absolute Gasteiger partial charge is 0.150 e. The fourth-order valence-electron chi connectivity index (χ4n) is 1.52. The van der Waals surface area contributed by atoms with Gasteiger partial charge in [0.15, 0.2) is 0 Å². The van der Waals surface area contributed by atoms with Gasteiger partial charge in [0.05, 0.1) is 5.75 Å². The number of anilines is 1. The van der Waals surface area contributed by atoms with Gasteiger partial charge in [-0.3, -0.25) is 0 Å². The van der Waals surface area contributed by atoms with Gasteiger partial charge in [-0.1, -0.05) is 13.0 Å². The molecule has 0 aliphatic carbocycles. The highest BCUT2D eigenvalue weighted by Crippen LogP contribution is 2.13. The maximum atomic E-state index is 11.3. The number of benzene rings is 1. The Morgan fingerprint density at radius 1 is 1.18 bits per heavy atom. The fourth-order valence-corrected chi connectivity index (χ4v) is 2.39. The molecule has 0 spiro atoms. The van der Waals surface area contributed by atoms with Gasteiger partial charge in [0.1, 0.15) is 9.84 Å². The molecular formula is C13H21NO2S. The number of aryl methyl sites for hydroxylation is 2. The zero-order chi connectivity index (χ0) is 12.9. The molecule has 3 nitrogen and oxygen atoms in total. The van der Waals surface area contributed by atoms with Gasteiger partial charge in [-0.25, -0.2) is 8.42 Å². The van der Waals surface area contributed by atoms with E-state index in [1.165, 1.54) is 11.1 Å². The second kappa shape index (κ2) is 6.05. The molecule has 0 radical (unpaired) electrons. The molecule has 0 amide bonds. The average molecular weight is 255 g/mol. The maximum Gasteiger partial charge on any atom is 0.150 e. The van der Waals surface area contributed by atoms with Crippen molar-refractivity contribution >= 4 is 15.5 Å². The summed E-state index contributed by atoms with van der Waals surface area (Å²) in [6.07, 6.45) is 0.656. The molecule has 1 N–H and O–H groups in total. The van der Waals surface area contributed by atoms with Crippen LogP contribution in [-0.4, -0.2) is 26.5 Å². The van der Waals surface area contributed by atoms with Gasteiger partial charge >= 0.3 is 0 Å². The predicted molar refractivity (Wildman–Crippen MR) is 73.4 cm³/mol. The van der Waals surface area contributed by atoms with Crippen LogP contribution >= 0.6 is 0 Å². The first kappa shape index (κ1) is 14.0. The zero-order valence-electron chi connectivity index (χ0n) is 10.8. The Bertz CT molecular complexity index is 466. The molecule has 0 atom stereocenters. The summed E-state index contributed by atoms with van der Waals surface area (Å²) in [5, 5.41) is 3.24. The lowest BCUT2D eigenvalue weighted by molar-refractivity contribution is 0.595. The SMILES string of the molecule is CCS(=O)(=O)CCCNc1ccc(C)c(C)c1. The molecule has 0 bridgehead atoms. The molecule has 0 heterocycles. The van der Waals surface area contributed by atoms with E-state index in [2.05, 4.69) is 31.3 Å². The van der Waals surface area contributed by atoms with Crippen LogP contribution in [0, 0.1) is 13.8 Å². The zero-order valence-corrected chi connectivity index (χ0v) is 11.6. The molecule has 0 fully saturated rings. The summed E-state index contributed by atoms with van der Waals surface area (Å²) in [6.45, 7) is 6.53. The number of sulfone groups is 1. The van der Waals surface area contributed by atoms with E-state index in [4.69, 9.17) is 0 Å². The molecule has 0 saturated carbocycles. The van der Waals surface area contributed by atoms with Crippen molar-refractivity contribution in [3.8, 4) is 0 Å². The third-order valence-electron chi connectivity index (χ3n) is 2.91. The van der Waals surface area contributed by atoms with Gasteiger partial charge in [-0.15, -0.1) is 0 Å². The van der Waals surface area contributed by atoms with Crippen LogP contribution in [0.2, 0.25) is 0 Å². The van der Waals surface area contributed by atoms with Crippen LogP contribution in [0.3, 0.4) is 0 Å². The highest BCUT2D eigenvalue weighted by Gasteiger charge is 2.06. The number of hydrogen-bond donors (Lipinski definition) is 1. The van der Waals surface area contributed by atoms with Crippen LogP contribution in [0.5, 0.6) is 0 Å². The van der Waals surface area contributed by atoms with Crippen molar-refractivity contribution in [2.24, 2.45) is 0 Å². The topological polar surface area (TPSA) is 46.2 Å². The van der Waals surface area contributed by atoms with Crippen LogP contribution in [0.15, 0.2) is 18.2 Å². The number of hydrogen-bond acceptors (Lipinski definition) is 3. The first-order valence-electron chi connectivity index (χ1n) is 5.96. The van der Waals surface area contributed by atoms with Gasteiger partial charge in [0, 0.05) is 18.0 Å². The van der Waals surface area contributed by atoms with E-state index >= 15 is 0 Å². The fraction of sp³-hybridized carbons (Fsp3) is 0.538. The Hall–Kier alpha value is -1.03. The summed E-state index contributed by atoms with van der Waals surface area (Å²) in [5.74, 6) is 0.498. The number of rotatable bonds is 6. The third-order valence-corrected chi connectivity index (χ3v) is 4.70. The summed E-state index contributed by atoms with van der Waals surface area (Å²) in [5.41, 5.74) is 3.57. The van der Waals surface area contributed by atoms with Crippen molar-refractivity contribution in [2.75, 3.05) is 23.4 Å². The summed E-state index contributed by atoms with van der Waals surface area (Å²) in [4.78, 5) is 0. The number of nitrogens with one attached hydrogen (secondary N) is 1. The first-order chi connectivity index (χ1) is 7.94. The van der Waals surface area contributed by atoms with Crippen LogP contribution in [-0.2, 0) is 9.84 Å². The molecule has 4 heteroatoms. The van der Waals surface area contributed by atoms with E-state index in [-0.39, 0.29) is 11.5 Å². The van der Waals surface area contributed by atoms with E-state index in [1.54, 1.807) is 6.92 Å². The van der Waals surface area contributed by atoms with Gasteiger partial charge in [0.2, 0.25) is 0 Å². The lowest BCUT2D eigenvalue weighted by atomic mass is 10.1. The minimum absolute atomic E-state index is 0.233. The lowest BCUT2D eigenvalue weighted by Gasteiger charge is -2.08. The van der Waals surface area contributed by atoms with Crippen molar-refractivity contribution in [1.29, 1.82) is 0 Å². The normalized spacial score (nSPS) is 11.5. The predicted octanol–water partition coefficient (Wildman–Crippen LogP) is 2.54. The Morgan fingerprint density at radius 3 is 2.47 bits per heavy atom. The summed E-state index contributed by atoms with van der Waals surface area (Å²) < 4.78 is 22.6. The quantitative estimate of drug-likeness (QED) is 0.795. The maximum absolute atomic E-state index is 11.3. The minimum Gasteiger partial charge on any atom is -0.385 e. The Morgan fingerprint density at radius 2 is 1.88 bits per heavy atom. The summed E-state index contributed by atoms with van der Waals surface area (Å²) in [6, 6.07) is 6.18. The van der Waals surface area contributed by atoms with Crippen LogP contribution in [0.1, 0.15) is 24.5 Å². The standard InChI is InChI=1S/C13H21NO2S/c1-4-17(15,16)9-5-8-14-13-7-6-11(2)12(3)10-13/h6-7,10,14H,4-5,8-9H2,1-3H3. The molecular weight excluding hydrogens is 234 g/mol. The molecule has 0 aliphatic heterocycles. The van der Waals surface area contributed by atoms with E-state index in [0.717, 1.165) is 5.69 Å². The van der Waals surface area contributed by atoms with E-state index in [1.807, 2.05) is 6.07 Å². The molecule has 0 aromatic heterocycles. The molecule has 1 rings (SSSR count). The average Bonchev–Trinajstić information content (AvgIpc) is 2.29. The molecule has 1 aromatic rings. The van der Waals surface area contributed by atoms with Crippen LogP contribution < -0.4 is 5.32 Å².